The van der Waals surface area contributed by atoms with Gasteiger partial charge in [-0.15, -0.1) is 0 Å². The average molecular weight is 210 g/mol. The number of carbonyl (C=O) groups is 1. The van der Waals surface area contributed by atoms with Crippen LogP contribution in [0.5, 0.6) is 0 Å². The van der Waals surface area contributed by atoms with Crippen LogP contribution in [-0.4, -0.2) is 25.0 Å². The molecule has 0 aromatic heterocycles. The van der Waals surface area contributed by atoms with E-state index in [0.29, 0.717) is 12.0 Å². The van der Waals surface area contributed by atoms with Crippen molar-refractivity contribution in [2.45, 2.75) is 45.1 Å². The molecule has 2 unspecified atom stereocenters. The van der Waals surface area contributed by atoms with Gasteiger partial charge in [-0.1, -0.05) is 19.8 Å². The lowest BCUT2D eigenvalue weighted by Crippen LogP contribution is -2.48. The largest absolute Gasteiger partial charge is 0.353 e. The minimum atomic E-state index is 0.264. The lowest BCUT2D eigenvalue weighted by atomic mass is 9.95. The first-order chi connectivity index (χ1) is 7.25. The Bertz CT molecular complexity index is 226. The predicted octanol–water partition coefficient (Wildman–Crippen LogP) is 1.29. The summed E-state index contributed by atoms with van der Waals surface area (Å²) in [5.74, 6) is 1.70. The van der Waals surface area contributed by atoms with Crippen LogP contribution in [0.25, 0.3) is 0 Å². The van der Waals surface area contributed by atoms with E-state index in [1.165, 1.54) is 12.8 Å². The fourth-order valence-electron chi connectivity index (χ4n) is 2.25. The number of rotatable bonds is 4. The number of carbonyl (C=O) groups excluding carboxylic acids is 1. The van der Waals surface area contributed by atoms with Gasteiger partial charge in [-0.3, -0.25) is 4.79 Å². The molecule has 2 rings (SSSR count). The third kappa shape index (κ3) is 3.49. The van der Waals surface area contributed by atoms with E-state index in [2.05, 4.69) is 17.6 Å². The highest BCUT2D eigenvalue weighted by Crippen LogP contribution is 2.33. The molecule has 1 aliphatic heterocycles. The smallest absolute Gasteiger partial charge is 0.220 e. The van der Waals surface area contributed by atoms with E-state index in [0.717, 1.165) is 38.3 Å². The van der Waals surface area contributed by atoms with Crippen molar-refractivity contribution >= 4 is 5.91 Å². The quantitative estimate of drug-likeness (QED) is 0.734. The Balaban J connectivity index is 1.66. The summed E-state index contributed by atoms with van der Waals surface area (Å²) in [6.07, 6.45) is 5.61. The molecular formula is C12H22N2O. The normalized spacial score (nSPS) is 31.3. The average Bonchev–Trinajstić information content (AvgIpc) is 3.02. The summed E-state index contributed by atoms with van der Waals surface area (Å²) < 4.78 is 0. The molecule has 0 aromatic carbocycles. The number of hydrogen-bond donors (Lipinski definition) is 2. The van der Waals surface area contributed by atoms with Gasteiger partial charge in [-0.05, 0) is 37.8 Å². The molecule has 2 atom stereocenters. The molecule has 2 N–H and O–H groups in total. The molecule has 2 fully saturated rings. The maximum Gasteiger partial charge on any atom is 0.220 e. The molecule has 3 heteroatoms. The fourth-order valence-corrected chi connectivity index (χ4v) is 2.25. The first-order valence-corrected chi connectivity index (χ1v) is 6.26. The zero-order valence-corrected chi connectivity index (χ0v) is 9.59. The number of amides is 1. The highest BCUT2D eigenvalue weighted by molar-refractivity contribution is 5.76. The van der Waals surface area contributed by atoms with Gasteiger partial charge in [0.05, 0.1) is 0 Å². The van der Waals surface area contributed by atoms with Gasteiger partial charge in [-0.25, -0.2) is 0 Å². The standard InChI is InChI=1S/C12H22N2O/c1-9-8-13-7-6-11(9)14-12(15)5-4-10-2-3-10/h9-11,13H,2-8H2,1H3,(H,14,15). The number of piperidine rings is 1. The van der Waals surface area contributed by atoms with Crippen molar-refractivity contribution in [2.24, 2.45) is 11.8 Å². The summed E-state index contributed by atoms with van der Waals surface area (Å²) in [5.41, 5.74) is 0. The first kappa shape index (κ1) is 10.9. The van der Waals surface area contributed by atoms with Crippen molar-refractivity contribution in [3.05, 3.63) is 0 Å². The van der Waals surface area contributed by atoms with Gasteiger partial charge in [0.1, 0.15) is 0 Å². The maximum atomic E-state index is 11.7. The zero-order chi connectivity index (χ0) is 10.7. The van der Waals surface area contributed by atoms with Gasteiger partial charge in [0.25, 0.3) is 0 Å². The van der Waals surface area contributed by atoms with Crippen molar-refractivity contribution in [1.82, 2.24) is 10.6 Å². The van der Waals surface area contributed by atoms with E-state index in [4.69, 9.17) is 0 Å². The molecule has 15 heavy (non-hydrogen) atoms. The molecule has 86 valence electrons. The monoisotopic (exact) mass is 210 g/mol. The first-order valence-electron chi connectivity index (χ1n) is 6.26. The summed E-state index contributed by atoms with van der Waals surface area (Å²) in [5, 5.41) is 6.52. The van der Waals surface area contributed by atoms with E-state index in [1.54, 1.807) is 0 Å². The molecule has 0 bridgehead atoms. The van der Waals surface area contributed by atoms with Gasteiger partial charge in [0.2, 0.25) is 5.91 Å². The van der Waals surface area contributed by atoms with Gasteiger partial charge < -0.3 is 10.6 Å². The summed E-state index contributed by atoms with van der Waals surface area (Å²) in [6.45, 7) is 4.28. The van der Waals surface area contributed by atoms with Crippen LogP contribution in [0, 0.1) is 11.8 Å². The molecule has 2 aliphatic rings. The Morgan fingerprint density at radius 1 is 1.40 bits per heavy atom. The second-order valence-corrected chi connectivity index (χ2v) is 5.13. The van der Waals surface area contributed by atoms with Crippen LogP contribution in [0.2, 0.25) is 0 Å². The molecule has 0 radical (unpaired) electrons. The van der Waals surface area contributed by atoms with Crippen LogP contribution in [-0.2, 0) is 4.79 Å². The predicted molar refractivity (Wildman–Crippen MR) is 60.5 cm³/mol. The third-order valence-electron chi connectivity index (χ3n) is 3.61. The van der Waals surface area contributed by atoms with Gasteiger partial charge in [0, 0.05) is 12.5 Å². The topological polar surface area (TPSA) is 41.1 Å². The molecule has 3 nitrogen and oxygen atoms in total. The lowest BCUT2D eigenvalue weighted by Gasteiger charge is -2.30. The van der Waals surface area contributed by atoms with E-state index in [-0.39, 0.29) is 5.91 Å². The van der Waals surface area contributed by atoms with Crippen molar-refractivity contribution in [2.75, 3.05) is 13.1 Å². The molecule has 1 amide bonds. The van der Waals surface area contributed by atoms with Crippen molar-refractivity contribution in [3.8, 4) is 0 Å². The Labute approximate surface area is 92.0 Å². The minimum absolute atomic E-state index is 0.264. The van der Waals surface area contributed by atoms with Crippen molar-refractivity contribution in [3.63, 3.8) is 0 Å². The van der Waals surface area contributed by atoms with Crippen molar-refractivity contribution < 1.29 is 4.79 Å². The molecule has 1 saturated carbocycles. The number of hydrogen-bond acceptors (Lipinski definition) is 2. The molecule has 1 heterocycles. The van der Waals surface area contributed by atoms with Crippen LogP contribution < -0.4 is 10.6 Å². The second-order valence-electron chi connectivity index (χ2n) is 5.13. The van der Waals surface area contributed by atoms with Gasteiger partial charge >= 0.3 is 0 Å². The van der Waals surface area contributed by atoms with Gasteiger partial charge in [0.15, 0.2) is 0 Å². The SMILES string of the molecule is CC1CNCCC1NC(=O)CCC1CC1. The maximum absolute atomic E-state index is 11.7. The van der Waals surface area contributed by atoms with E-state index >= 15 is 0 Å². The van der Waals surface area contributed by atoms with E-state index in [9.17, 15) is 4.79 Å². The van der Waals surface area contributed by atoms with Crippen LogP contribution in [0.3, 0.4) is 0 Å². The van der Waals surface area contributed by atoms with E-state index in [1.807, 2.05) is 0 Å². The second kappa shape index (κ2) is 4.97. The molecular weight excluding hydrogens is 188 g/mol. The van der Waals surface area contributed by atoms with Crippen molar-refractivity contribution in [1.29, 1.82) is 0 Å². The summed E-state index contributed by atoms with van der Waals surface area (Å²) in [6, 6.07) is 0.401. The number of nitrogens with one attached hydrogen (secondary N) is 2. The summed E-state index contributed by atoms with van der Waals surface area (Å²) in [7, 11) is 0. The summed E-state index contributed by atoms with van der Waals surface area (Å²) in [4.78, 5) is 11.7. The fraction of sp³-hybridized carbons (Fsp3) is 0.917. The molecule has 0 aromatic rings. The van der Waals surface area contributed by atoms with Crippen LogP contribution in [0.15, 0.2) is 0 Å². The van der Waals surface area contributed by atoms with E-state index < -0.39 is 0 Å². The van der Waals surface area contributed by atoms with Crippen LogP contribution >= 0.6 is 0 Å². The highest BCUT2D eigenvalue weighted by Gasteiger charge is 2.25. The Morgan fingerprint density at radius 2 is 2.20 bits per heavy atom. The summed E-state index contributed by atoms with van der Waals surface area (Å²) >= 11 is 0. The molecule has 0 spiro atoms. The lowest BCUT2D eigenvalue weighted by molar-refractivity contribution is -0.122. The Morgan fingerprint density at radius 3 is 2.87 bits per heavy atom. The van der Waals surface area contributed by atoms with Gasteiger partial charge in [-0.2, -0.15) is 0 Å². The Kier molecular flexibility index (Phi) is 3.62. The molecule has 1 aliphatic carbocycles. The third-order valence-corrected chi connectivity index (χ3v) is 3.61. The molecule has 1 saturated heterocycles. The Hall–Kier alpha value is -0.570. The van der Waals surface area contributed by atoms with Crippen LogP contribution in [0.1, 0.15) is 39.0 Å². The zero-order valence-electron chi connectivity index (χ0n) is 9.59. The van der Waals surface area contributed by atoms with Crippen LogP contribution in [0.4, 0.5) is 0 Å². The highest BCUT2D eigenvalue weighted by atomic mass is 16.1. The minimum Gasteiger partial charge on any atom is -0.353 e.